The van der Waals surface area contributed by atoms with Gasteiger partial charge in [-0.2, -0.15) is 0 Å². The third-order valence-electron chi connectivity index (χ3n) is 2.72. The Balaban J connectivity index is 2.19. The van der Waals surface area contributed by atoms with Crippen LogP contribution in [0.25, 0.3) is 6.08 Å². The number of rotatable bonds is 4. The zero-order chi connectivity index (χ0) is 13.8. The molecule has 2 rings (SSSR count). The van der Waals surface area contributed by atoms with Crippen LogP contribution in [0.5, 0.6) is 5.75 Å². The lowest BCUT2D eigenvalue weighted by atomic mass is 10.1. The van der Waals surface area contributed by atoms with Gasteiger partial charge in [0.2, 0.25) is 0 Å². The molecule has 0 saturated heterocycles. The molecule has 0 amide bonds. The number of aryl methyl sites for hydroxylation is 1. The monoisotopic (exact) mass is 336 g/mol. The van der Waals surface area contributed by atoms with Gasteiger partial charge in [0.15, 0.2) is 5.78 Å². The van der Waals surface area contributed by atoms with Crippen molar-refractivity contribution in [2.45, 2.75) is 6.92 Å². The number of thiophene rings is 1. The zero-order valence-corrected chi connectivity index (χ0v) is 13.0. The van der Waals surface area contributed by atoms with Crippen LogP contribution < -0.4 is 4.74 Å². The van der Waals surface area contributed by atoms with Crippen LogP contribution in [0.4, 0.5) is 0 Å². The van der Waals surface area contributed by atoms with E-state index in [4.69, 9.17) is 4.74 Å². The van der Waals surface area contributed by atoms with E-state index in [-0.39, 0.29) is 5.78 Å². The number of hydrogen-bond acceptors (Lipinski definition) is 3. The highest BCUT2D eigenvalue weighted by Crippen LogP contribution is 2.26. The number of allylic oxidation sites excluding steroid dienone is 1. The van der Waals surface area contributed by atoms with Gasteiger partial charge in [-0.15, -0.1) is 11.3 Å². The Bertz CT molecular complexity index is 629. The van der Waals surface area contributed by atoms with Gasteiger partial charge in [-0.1, -0.05) is 0 Å². The van der Waals surface area contributed by atoms with Gasteiger partial charge in [0.1, 0.15) is 5.75 Å². The lowest BCUT2D eigenvalue weighted by Crippen LogP contribution is -1.95. The quantitative estimate of drug-likeness (QED) is 0.596. The first kappa shape index (κ1) is 14.0. The molecule has 2 nitrogen and oxygen atoms in total. The highest BCUT2D eigenvalue weighted by Gasteiger charge is 2.06. The summed E-state index contributed by atoms with van der Waals surface area (Å²) < 4.78 is 5.92. The fourth-order valence-electron chi connectivity index (χ4n) is 1.62. The zero-order valence-electron chi connectivity index (χ0n) is 10.6. The third-order valence-corrected chi connectivity index (χ3v) is 4.33. The van der Waals surface area contributed by atoms with Crippen LogP contribution in [0, 0.1) is 6.92 Å². The van der Waals surface area contributed by atoms with Gasteiger partial charge in [-0.25, -0.2) is 0 Å². The summed E-state index contributed by atoms with van der Waals surface area (Å²) in [6.45, 7) is 2.03. The number of carbonyl (C=O) groups excluding carboxylic acids is 1. The maximum atomic E-state index is 12.1. The molecule has 4 heteroatoms. The molecule has 2 aromatic rings. The maximum Gasteiger partial charge on any atom is 0.185 e. The molecule has 1 heterocycles. The first-order valence-corrected chi connectivity index (χ1v) is 7.39. The summed E-state index contributed by atoms with van der Waals surface area (Å²) in [5.74, 6) is 0.700. The summed E-state index contributed by atoms with van der Waals surface area (Å²) in [5.41, 5.74) is 1.82. The number of benzene rings is 1. The number of methoxy groups -OCH3 is 1. The average molecular weight is 337 g/mol. The average Bonchev–Trinajstić information content (AvgIpc) is 2.81. The molecule has 0 spiro atoms. The molecule has 0 aliphatic carbocycles. The lowest BCUT2D eigenvalue weighted by Gasteiger charge is -2.03. The minimum atomic E-state index is -0.0175. The van der Waals surface area contributed by atoms with E-state index in [0.717, 1.165) is 15.1 Å². The highest BCUT2D eigenvalue weighted by atomic mass is 79.9. The Morgan fingerprint density at radius 2 is 2.16 bits per heavy atom. The Hall–Kier alpha value is -1.39. The minimum absolute atomic E-state index is 0.0175. The molecule has 0 bridgehead atoms. The van der Waals surface area contributed by atoms with Gasteiger partial charge in [0, 0.05) is 10.4 Å². The van der Waals surface area contributed by atoms with Gasteiger partial charge in [0.25, 0.3) is 0 Å². The maximum absolute atomic E-state index is 12.1. The summed E-state index contributed by atoms with van der Waals surface area (Å²) in [5, 5.41) is 2.02. The summed E-state index contributed by atoms with van der Waals surface area (Å²) in [6, 6.07) is 7.35. The van der Waals surface area contributed by atoms with Gasteiger partial charge in [-0.05, 0) is 70.2 Å². The second kappa shape index (κ2) is 6.17. The van der Waals surface area contributed by atoms with Crippen molar-refractivity contribution in [3.8, 4) is 5.75 Å². The third kappa shape index (κ3) is 3.33. The summed E-state index contributed by atoms with van der Waals surface area (Å²) in [4.78, 5) is 13.2. The molecular weight excluding hydrogens is 324 g/mol. The molecule has 1 aromatic heterocycles. The highest BCUT2D eigenvalue weighted by molar-refractivity contribution is 9.10. The molecule has 0 aliphatic heterocycles. The molecule has 0 N–H and O–H groups in total. The first-order chi connectivity index (χ1) is 9.11. The van der Waals surface area contributed by atoms with Crippen molar-refractivity contribution >= 4 is 39.1 Å². The predicted molar refractivity (Wildman–Crippen MR) is 83.1 cm³/mol. The number of ether oxygens (including phenoxy) is 1. The molecule has 1 aromatic carbocycles. The summed E-state index contributed by atoms with van der Waals surface area (Å²) >= 11 is 5.01. The Labute approximate surface area is 124 Å². The Morgan fingerprint density at radius 1 is 1.37 bits per heavy atom. The lowest BCUT2D eigenvalue weighted by molar-refractivity contribution is 0.104. The number of halogens is 1. The first-order valence-electron chi connectivity index (χ1n) is 5.72. The van der Waals surface area contributed by atoms with Crippen LogP contribution in [-0.2, 0) is 0 Å². The number of ketones is 1. The van der Waals surface area contributed by atoms with E-state index in [1.54, 1.807) is 42.7 Å². The van der Waals surface area contributed by atoms with E-state index in [0.29, 0.717) is 5.56 Å². The van der Waals surface area contributed by atoms with Crippen molar-refractivity contribution in [2.75, 3.05) is 7.11 Å². The van der Waals surface area contributed by atoms with Crippen molar-refractivity contribution in [3.05, 3.63) is 56.2 Å². The molecule has 0 fully saturated rings. The second-order valence-corrected chi connectivity index (χ2v) is 5.82. The van der Waals surface area contributed by atoms with Crippen LogP contribution in [0.3, 0.4) is 0 Å². The molecule has 0 atom stereocenters. The van der Waals surface area contributed by atoms with Crippen LogP contribution in [-0.4, -0.2) is 12.9 Å². The Kier molecular flexibility index (Phi) is 4.56. The molecule has 98 valence electrons. The van der Waals surface area contributed by atoms with Crippen molar-refractivity contribution in [1.29, 1.82) is 0 Å². The van der Waals surface area contributed by atoms with Gasteiger partial charge in [-0.3, -0.25) is 4.79 Å². The Morgan fingerprint density at radius 3 is 2.74 bits per heavy atom. The van der Waals surface area contributed by atoms with Crippen LogP contribution in [0.2, 0.25) is 0 Å². The second-order valence-electron chi connectivity index (χ2n) is 4.01. The smallest absolute Gasteiger partial charge is 0.185 e. The SMILES string of the molecule is COc1ccc(C(=O)/C=C/c2sccc2C)cc1Br. The van der Waals surface area contributed by atoms with Crippen molar-refractivity contribution in [3.63, 3.8) is 0 Å². The standard InChI is InChI=1S/C15H13BrO2S/c1-10-7-8-19-15(10)6-4-13(17)11-3-5-14(18-2)12(16)9-11/h3-9H,1-2H3/b6-4+. The van der Waals surface area contributed by atoms with E-state index in [2.05, 4.69) is 15.9 Å². The van der Waals surface area contributed by atoms with Crippen LogP contribution >= 0.6 is 27.3 Å². The molecule has 19 heavy (non-hydrogen) atoms. The predicted octanol–water partition coefficient (Wildman–Crippen LogP) is 4.72. The van der Waals surface area contributed by atoms with E-state index >= 15 is 0 Å². The van der Waals surface area contributed by atoms with Gasteiger partial charge < -0.3 is 4.74 Å². The number of carbonyl (C=O) groups is 1. The fraction of sp³-hybridized carbons (Fsp3) is 0.133. The van der Waals surface area contributed by atoms with Crippen molar-refractivity contribution in [1.82, 2.24) is 0 Å². The number of hydrogen-bond donors (Lipinski definition) is 0. The van der Waals surface area contributed by atoms with Crippen molar-refractivity contribution < 1.29 is 9.53 Å². The summed E-state index contributed by atoms with van der Waals surface area (Å²) in [6.07, 6.45) is 3.47. The molecular formula is C15H13BrO2S. The van der Waals surface area contributed by atoms with E-state index < -0.39 is 0 Å². The van der Waals surface area contributed by atoms with Crippen molar-refractivity contribution in [2.24, 2.45) is 0 Å². The van der Waals surface area contributed by atoms with Gasteiger partial charge in [0.05, 0.1) is 11.6 Å². The molecule has 0 aliphatic rings. The topological polar surface area (TPSA) is 26.3 Å². The largest absolute Gasteiger partial charge is 0.496 e. The molecule has 0 radical (unpaired) electrons. The van der Waals surface area contributed by atoms with Crippen LogP contribution in [0.1, 0.15) is 20.8 Å². The molecule has 0 saturated carbocycles. The van der Waals surface area contributed by atoms with E-state index in [1.165, 1.54) is 5.56 Å². The normalized spacial score (nSPS) is 10.9. The van der Waals surface area contributed by atoms with Gasteiger partial charge >= 0.3 is 0 Å². The fourth-order valence-corrected chi connectivity index (χ4v) is 2.98. The summed E-state index contributed by atoms with van der Waals surface area (Å²) in [7, 11) is 1.60. The minimum Gasteiger partial charge on any atom is -0.496 e. The van der Waals surface area contributed by atoms with Crippen LogP contribution in [0.15, 0.2) is 40.2 Å². The molecule has 0 unspecified atom stereocenters. The van der Waals surface area contributed by atoms with E-state index in [9.17, 15) is 4.79 Å². The van der Waals surface area contributed by atoms with E-state index in [1.807, 2.05) is 24.4 Å².